The molecule has 1 aliphatic heterocycles. The number of Topliss-reactive ketones (excluding diaryl/α,β-unsaturated/α-hetero) is 1. The number of amides is 1. The van der Waals surface area contributed by atoms with Gasteiger partial charge in [-0.1, -0.05) is 0 Å². The van der Waals surface area contributed by atoms with Gasteiger partial charge in [0.2, 0.25) is 5.91 Å². The number of anilines is 1. The van der Waals surface area contributed by atoms with Gasteiger partial charge in [-0.15, -0.1) is 11.6 Å². The van der Waals surface area contributed by atoms with Gasteiger partial charge in [0.15, 0.2) is 5.78 Å². The Morgan fingerprint density at radius 1 is 1.40 bits per heavy atom. The Morgan fingerprint density at radius 3 is 2.80 bits per heavy atom. The summed E-state index contributed by atoms with van der Waals surface area (Å²) in [7, 11) is 0. The Hall–Kier alpha value is -1.55. The van der Waals surface area contributed by atoms with Crippen molar-refractivity contribution in [3.05, 3.63) is 23.8 Å². The van der Waals surface area contributed by atoms with Crippen LogP contribution in [0.3, 0.4) is 0 Å². The van der Waals surface area contributed by atoms with Gasteiger partial charge < -0.3 is 9.64 Å². The molecule has 20 heavy (non-hydrogen) atoms. The third-order valence-corrected chi connectivity index (χ3v) is 3.90. The molecule has 2 aliphatic rings. The van der Waals surface area contributed by atoms with Gasteiger partial charge in [-0.25, -0.2) is 0 Å². The molecule has 0 N–H and O–H groups in total. The first-order valence-corrected chi connectivity index (χ1v) is 7.35. The summed E-state index contributed by atoms with van der Waals surface area (Å²) < 4.78 is 5.74. The highest BCUT2D eigenvalue weighted by Gasteiger charge is 2.37. The lowest BCUT2D eigenvalue weighted by molar-refractivity contribution is -0.120. The van der Waals surface area contributed by atoms with E-state index >= 15 is 0 Å². The number of halogens is 1. The maximum atomic E-state index is 12.4. The summed E-state index contributed by atoms with van der Waals surface area (Å²) >= 11 is 5.59. The summed E-state index contributed by atoms with van der Waals surface area (Å²) in [5.41, 5.74) is 1.21. The summed E-state index contributed by atoms with van der Waals surface area (Å²) in [6.07, 6.45) is 1.88. The molecule has 1 aromatic rings. The Morgan fingerprint density at radius 2 is 2.15 bits per heavy atom. The molecule has 1 atom stereocenters. The lowest BCUT2D eigenvalue weighted by Gasteiger charge is -2.33. The molecule has 4 nitrogen and oxygen atoms in total. The standard InChI is InChI=1S/C15H16ClNO3/c1-9-8-17(15(19)10-2-3-10)12-6-11(13(18)7-16)4-5-14(12)20-9/h4-6,9-10H,2-3,7-8H2,1H3. The number of alkyl halides is 1. The Bertz CT molecular complexity index is 568. The minimum absolute atomic E-state index is 0.0419. The number of hydrogen-bond donors (Lipinski definition) is 0. The maximum Gasteiger partial charge on any atom is 0.230 e. The van der Waals surface area contributed by atoms with E-state index in [1.54, 1.807) is 23.1 Å². The second kappa shape index (κ2) is 5.09. The number of ketones is 1. The molecular formula is C15H16ClNO3. The Labute approximate surface area is 122 Å². The summed E-state index contributed by atoms with van der Waals surface area (Å²) in [6.45, 7) is 2.47. The third kappa shape index (κ3) is 2.40. The van der Waals surface area contributed by atoms with Crippen LogP contribution in [-0.4, -0.2) is 30.2 Å². The monoisotopic (exact) mass is 293 g/mol. The zero-order valence-electron chi connectivity index (χ0n) is 11.3. The average Bonchev–Trinajstić information content (AvgIpc) is 3.29. The zero-order chi connectivity index (χ0) is 14.3. The van der Waals surface area contributed by atoms with E-state index in [2.05, 4.69) is 0 Å². The minimum atomic E-state index is -0.146. The molecular weight excluding hydrogens is 278 g/mol. The Balaban J connectivity index is 1.99. The number of fused-ring (bicyclic) bond motifs is 1. The lowest BCUT2D eigenvalue weighted by Crippen LogP contribution is -2.43. The predicted octanol–water partition coefficient (Wildman–Crippen LogP) is 2.63. The molecule has 0 spiro atoms. The van der Waals surface area contributed by atoms with Crippen molar-refractivity contribution >= 4 is 29.0 Å². The quantitative estimate of drug-likeness (QED) is 0.636. The van der Waals surface area contributed by atoms with E-state index < -0.39 is 0 Å². The first-order chi connectivity index (χ1) is 9.60. The number of nitrogens with zero attached hydrogens (tertiary/aromatic N) is 1. The van der Waals surface area contributed by atoms with Gasteiger partial charge >= 0.3 is 0 Å². The lowest BCUT2D eigenvalue weighted by atomic mass is 10.1. The number of carbonyl (C=O) groups is 2. The Kier molecular flexibility index (Phi) is 3.42. The SMILES string of the molecule is CC1CN(C(=O)C2CC2)c2cc(C(=O)CCl)ccc2O1. The van der Waals surface area contributed by atoms with E-state index in [0.29, 0.717) is 23.5 Å². The molecule has 3 rings (SSSR count). The van der Waals surface area contributed by atoms with Crippen LogP contribution in [0, 0.1) is 5.92 Å². The second-order valence-electron chi connectivity index (χ2n) is 5.39. The van der Waals surface area contributed by atoms with Crippen molar-refractivity contribution < 1.29 is 14.3 Å². The molecule has 1 amide bonds. The first-order valence-electron chi connectivity index (χ1n) is 6.81. The van der Waals surface area contributed by atoms with Crippen LogP contribution in [0.1, 0.15) is 30.1 Å². The van der Waals surface area contributed by atoms with Crippen molar-refractivity contribution in [2.75, 3.05) is 17.3 Å². The van der Waals surface area contributed by atoms with Crippen LogP contribution in [0.25, 0.3) is 0 Å². The number of ether oxygens (including phenoxy) is 1. The fourth-order valence-corrected chi connectivity index (χ4v) is 2.60. The van der Waals surface area contributed by atoms with Gasteiger partial charge in [0.1, 0.15) is 11.9 Å². The molecule has 1 fully saturated rings. The van der Waals surface area contributed by atoms with E-state index in [9.17, 15) is 9.59 Å². The maximum absolute atomic E-state index is 12.4. The van der Waals surface area contributed by atoms with Crippen molar-refractivity contribution in [1.29, 1.82) is 0 Å². The van der Waals surface area contributed by atoms with Gasteiger partial charge in [0.05, 0.1) is 18.1 Å². The third-order valence-electron chi connectivity index (χ3n) is 3.65. The van der Waals surface area contributed by atoms with Crippen LogP contribution in [0.5, 0.6) is 5.75 Å². The van der Waals surface area contributed by atoms with Crippen molar-refractivity contribution in [3.8, 4) is 5.75 Å². The normalized spacial score (nSPS) is 21.1. The smallest absolute Gasteiger partial charge is 0.230 e. The molecule has 1 saturated carbocycles. The highest BCUT2D eigenvalue weighted by atomic mass is 35.5. The van der Waals surface area contributed by atoms with Crippen LogP contribution >= 0.6 is 11.6 Å². The molecule has 0 bridgehead atoms. The van der Waals surface area contributed by atoms with Crippen LogP contribution in [0.4, 0.5) is 5.69 Å². The van der Waals surface area contributed by atoms with Crippen LogP contribution in [-0.2, 0) is 4.79 Å². The second-order valence-corrected chi connectivity index (χ2v) is 5.66. The molecule has 1 heterocycles. The number of benzene rings is 1. The van der Waals surface area contributed by atoms with Gasteiger partial charge in [0.25, 0.3) is 0 Å². The highest BCUT2D eigenvalue weighted by Crippen LogP contribution is 2.39. The molecule has 1 unspecified atom stereocenters. The summed E-state index contributed by atoms with van der Waals surface area (Å²) in [5, 5.41) is 0. The van der Waals surface area contributed by atoms with Gasteiger partial charge in [-0.3, -0.25) is 9.59 Å². The van der Waals surface area contributed by atoms with Crippen LogP contribution < -0.4 is 9.64 Å². The van der Waals surface area contributed by atoms with E-state index in [-0.39, 0.29) is 29.6 Å². The van der Waals surface area contributed by atoms with Gasteiger partial charge in [0, 0.05) is 11.5 Å². The van der Waals surface area contributed by atoms with E-state index in [1.165, 1.54) is 0 Å². The predicted molar refractivity (Wildman–Crippen MR) is 76.7 cm³/mol. The van der Waals surface area contributed by atoms with E-state index in [4.69, 9.17) is 16.3 Å². The summed E-state index contributed by atoms with van der Waals surface area (Å²) in [5.74, 6) is 0.722. The minimum Gasteiger partial charge on any atom is -0.487 e. The van der Waals surface area contributed by atoms with Crippen molar-refractivity contribution in [2.24, 2.45) is 5.92 Å². The molecule has 1 aromatic carbocycles. The topological polar surface area (TPSA) is 46.6 Å². The van der Waals surface area contributed by atoms with Crippen molar-refractivity contribution in [3.63, 3.8) is 0 Å². The highest BCUT2D eigenvalue weighted by molar-refractivity contribution is 6.30. The average molecular weight is 294 g/mol. The van der Waals surface area contributed by atoms with Crippen molar-refractivity contribution in [2.45, 2.75) is 25.9 Å². The van der Waals surface area contributed by atoms with Gasteiger partial charge in [-0.2, -0.15) is 0 Å². The number of carbonyl (C=O) groups excluding carboxylic acids is 2. The number of rotatable bonds is 3. The van der Waals surface area contributed by atoms with E-state index in [1.807, 2.05) is 6.92 Å². The van der Waals surface area contributed by atoms with Crippen molar-refractivity contribution in [1.82, 2.24) is 0 Å². The molecule has 0 aromatic heterocycles. The molecule has 5 heteroatoms. The zero-order valence-corrected chi connectivity index (χ0v) is 12.0. The molecule has 1 aliphatic carbocycles. The first kappa shape index (κ1) is 13.4. The molecule has 106 valence electrons. The fraction of sp³-hybridized carbons (Fsp3) is 0.467. The molecule has 0 saturated heterocycles. The van der Waals surface area contributed by atoms with Crippen LogP contribution in [0.15, 0.2) is 18.2 Å². The summed E-state index contributed by atoms with van der Waals surface area (Å²) in [6, 6.07) is 5.16. The fourth-order valence-electron chi connectivity index (χ4n) is 2.45. The largest absolute Gasteiger partial charge is 0.487 e. The van der Waals surface area contributed by atoms with Gasteiger partial charge in [-0.05, 0) is 38.0 Å². The van der Waals surface area contributed by atoms with Crippen LogP contribution in [0.2, 0.25) is 0 Å². The van der Waals surface area contributed by atoms with E-state index in [0.717, 1.165) is 12.8 Å². The molecule has 0 radical (unpaired) electrons. The number of hydrogen-bond acceptors (Lipinski definition) is 3. The summed E-state index contributed by atoms with van der Waals surface area (Å²) in [4.78, 5) is 25.8.